The van der Waals surface area contributed by atoms with Gasteiger partial charge in [0.2, 0.25) is 0 Å². The highest BCUT2D eigenvalue weighted by Crippen LogP contribution is 2.15. The van der Waals surface area contributed by atoms with Crippen molar-refractivity contribution in [3.8, 4) is 0 Å². The number of ether oxygens (including phenoxy) is 3. The van der Waals surface area contributed by atoms with Crippen LogP contribution >= 0.6 is 0 Å². The Hall–Kier alpha value is -2.11. The number of rotatable bonds is 45. The minimum atomic E-state index is -0.771. The van der Waals surface area contributed by atoms with Crippen molar-refractivity contribution in [3.63, 3.8) is 0 Å². The van der Waals surface area contributed by atoms with E-state index in [1.54, 1.807) is 0 Å². The number of allylic oxidation sites excluding steroid dienone is 4. The summed E-state index contributed by atoms with van der Waals surface area (Å²) in [5, 5.41) is 0. The van der Waals surface area contributed by atoms with Crippen LogP contribution < -0.4 is 0 Å². The Morgan fingerprint density at radius 3 is 0.895 bits per heavy atom. The summed E-state index contributed by atoms with van der Waals surface area (Å²) in [6.07, 6.45) is 51.5. The zero-order chi connectivity index (χ0) is 41.5. The fraction of sp³-hybridized carbons (Fsp3) is 0.863. The molecule has 0 saturated heterocycles. The topological polar surface area (TPSA) is 78.9 Å². The molecule has 0 amide bonds. The largest absolute Gasteiger partial charge is 0.462 e. The van der Waals surface area contributed by atoms with Gasteiger partial charge >= 0.3 is 17.9 Å². The fourth-order valence-corrected chi connectivity index (χ4v) is 7.14. The van der Waals surface area contributed by atoms with Crippen LogP contribution in [0.25, 0.3) is 0 Å². The quantitative estimate of drug-likeness (QED) is 0.0264. The molecule has 0 aromatic carbocycles. The van der Waals surface area contributed by atoms with Gasteiger partial charge in [0.05, 0.1) is 0 Å². The van der Waals surface area contributed by atoms with Crippen molar-refractivity contribution in [3.05, 3.63) is 24.3 Å². The van der Waals surface area contributed by atoms with Gasteiger partial charge in [0.1, 0.15) is 13.2 Å². The van der Waals surface area contributed by atoms with Crippen molar-refractivity contribution >= 4 is 17.9 Å². The predicted octanol–water partition coefficient (Wildman–Crippen LogP) is 16.0. The standard InChI is InChI=1S/C51H94O6/c1-4-7-10-13-16-19-22-24-25-27-30-32-35-38-41-44-50(53)56-47-48(57-51(54)45-42-39-36-33-28-21-18-15-12-9-6-3)46-55-49(52)43-40-37-34-31-29-26-23-20-17-14-11-8-5-2/h20,23-25,48H,4-19,21-22,26-47H2,1-3H3/b23-20-,25-24-/t48-/m1/s1. The smallest absolute Gasteiger partial charge is 0.306 e. The third-order valence-electron chi connectivity index (χ3n) is 10.9. The Morgan fingerprint density at radius 1 is 0.333 bits per heavy atom. The predicted molar refractivity (Wildman–Crippen MR) is 243 cm³/mol. The van der Waals surface area contributed by atoms with Crippen molar-refractivity contribution in [2.24, 2.45) is 0 Å². The fourth-order valence-electron chi connectivity index (χ4n) is 7.14. The first kappa shape index (κ1) is 54.9. The molecule has 6 heteroatoms. The second-order valence-corrected chi connectivity index (χ2v) is 16.7. The highest BCUT2D eigenvalue weighted by atomic mass is 16.6. The van der Waals surface area contributed by atoms with Gasteiger partial charge in [-0.05, 0) is 70.6 Å². The molecular weight excluding hydrogens is 709 g/mol. The van der Waals surface area contributed by atoms with Crippen LogP contribution in [0.5, 0.6) is 0 Å². The van der Waals surface area contributed by atoms with Gasteiger partial charge in [0, 0.05) is 19.3 Å². The third-order valence-corrected chi connectivity index (χ3v) is 10.9. The SMILES string of the molecule is CCCCCC/C=C\CCCCCCCC(=O)OC[C@H](COC(=O)CCCCCCC/C=C\CCCCCCCC)OC(=O)CCCCCCCCCCCCC. The van der Waals surface area contributed by atoms with Gasteiger partial charge in [-0.3, -0.25) is 14.4 Å². The van der Waals surface area contributed by atoms with E-state index in [2.05, 4.69) is 45.1 Å². The molecule has 0 aromatic heterocycles. The first-order valence-corrected chi connectivity index (χ1v) is 24.8. The van der Waals surface area contributed by atoms with Crippen LogP contribution in [0.2, 0.25) is 0 Å². The van der Waals surface area contributed by atoms with Crippen LogP contribution in [-0.2, 0) is 28.6 Å². The van der Waals surface area contributed by atoms with Gasteiger partial charge in [-0.25, -0.2) is 0 Å². The molecular formula is C51H94O6. The molecule has 0 heterocycles. The summed E-state index contributed by atoms with van der Waals surface area (Å²) in [6.45, 7) is 6.61. The monoisotopic (exact) mass is 803 g/mol. The van der Waals surface area contributed by atoms with Crippen molar-refractivity contribution < 1.29 is 28.6 Å². The molecule has 6 nitrogen and oxygen atoms in total. The maximum absolute atomic E-state index is 12.7. The lowest BCUT2D eigenvalue weighted by Crippen LogP contribution is -2.30. The van der Waals surface area contributed by atoms with E-state index in [1.165, 1.54) is 154 Å². The van der Waals surface area contributed by atoms with Crippen molar-refractivity contribution in [2.45, 2.75) is 271 Å². The molecule has 0 saturated carbocycles. The molecule has 0 aliphatic rings. The Kier molecular flexibility index (Phi) is 44.9. The first-order valence-electron chi connectivity index (χ1n) is 24.8. The molecule has 0 unspecified atom stereocenters. The minimum Gasteiger partial charge on any atom is -0.462 e. The van der Waals surface area contributed by atoms with Crippen LogP contribution in [0.1, 0.15) is 265 Å². The summed E-state index contributed by atoms with van der Waals surface area (Å²) in [7, 11) is 0. The average Bonchev–Trinajstić information content (AvgIpc) is 3.21. The second kappa shape index (κ2) is 46.6. The number of esters is 3. The number of hydrogen-bond acceptors (Lipinski definition) is 6. The Morgan fingerprint density at radius 2 is 0.579 bits per heavy atom. The molecule has 0 radical (unpaired) electrons. The van der Waals surface area contributed by atoms with Crippen LogP contribution in [0.4, 0.5) is 0 Å². The van der Waals surface area contributed by atoms with E-state index >= 15 is 0 Å². The van der Waals surface area contributed by atoms with E-state index in [0.29, 0.717) is 19.3 Å². The molecule has 0 spiro atoms. The summed E-state index contributed by atoms with van der Waals surface area (Å²) in [6, 6.07) is 0. The van der Waals surface area contributed by atoms with Crippen molar-refractivity contribution in [1.29, 1.82) is 0 Å². The molecule has 0 aliphatic heterocycles. The average molecular weight is 803 g/mol. The zero-order valence-corrected chi connectivity index (χ0v) is 38.1. The number of unbranched alkanes of at least 4 members (excludes halogenated alkanes) is 30. The molecule has 0 bridgehead atoms. The number of carbonyl (C=O) groups is 3. The second-order valence-electron chi connectivity index (χ2n) is 16.7. The third kappa shape index (κ3) is 44.8. The Balaban J connectivity index is 4.35. The summed E-state index contributed by atoms with van der Waals surface area (Å²) in [4.78, 5) is 37.8. The highest BCUT2D eigenvalue weighted by Gasteiger charge is 2.19. The lowest BCUT2D eigenvalue weighted by molar-refractivity contribution is -0.167. The molecule has 0 aromatic rings. The van der Waals surface area contributed by atoms with Gasteiger partial charge in [-0.15, -0.1) is 0 Å². The molecule has 0 rings (SSSR count). The molecule has 334 valence electrons. The van der Waals surface area contributed by atoms with E-state index in [4.69, 9.17) is 14.2 Å². The molecule has 0 aliphatic carbocycles. The molecule has 57 heavy (non-hydrogen) atoms. The minimum absolute atomic E-state index is 0.0750. The summed E-state index contributed by atoms with van der Waals surface area (Å²) in [5.41, 5.74) is 0. The number of hydrogen-bond donors (Lipinski definition) is 0. The van der Waals surface area contributed by atoms with E-state index in [-0.39, 0.29) is 31.1 Å². The van der Waals surface area contributed by atoms with Crippen LogP contribution in [0, 0.1) is 0 Å². The van der Waals surface area contributed by atoms with E-state index in [0.717, 1.165) is 70.6 Å². The van der Waals surface area contributed by atoms with Crippen LogP contribution in [0.15, 0.2) is 24.3 Å². The Labute approximate surface area is 353 Å². The van der Waals surface area contributed by atoms with Gasteiger partial charge < -0.3 is 14.2 Å². The normalized spacial score (nSPS) is 12.1. The Bertz CT molecular complexity index is 927. The van der Waals surface area contributed by atoms with E-state index < -0.39 is 6.10 Å². The highest BCUT2D eigenvalue weighted by molar-refractivity contribution is 5.71. The van der Waals surface area contributed by atoms with E-state index in [9.17, 15) is 14.4 Å². The van der Waals surface area contributed by atoms with Gasteiger partial charge in [0.25, 0.3) is 0 Å². The van der Waals surface area contributed by atoms with Crippen LogP contribution in [-0.4, -0.2) is 37.2 Å². The maximum atomic E-state index is 12.7. The molecule has 1 atom stereocenters. The van der Waals surface area contributed by atoms with Crippen molar-refractivity contribution in [1.82, 2.24) is 0 Å². The molecule has 0 N–H and O–H groups in total. The first-order chi connectivity index (χ1) is 28.0. The van der Waals surface area contributed by atoms with Crippen LogP contribution in [0.3, 0.4) is 0 Å². The lowest BCUT2D eigenvalue weighted by Gasteiger charge is -2.18. The van der Waals surface area contributed by atoms with Crippen molar-refractivity contribution in [2.75, 3.05) is 13.2 Å². The van der Waals surface area contributed by atoms with Gasteiger partial charge in [-0.1, -0.05) is 199 Å². The zero-order valence-electron chi connectivity index (χ0n) is 38.1. The van der Waals surface area contributed by atoms with E-state index in [1.807, 2.05) is 0 Å². The summed E-state index contributed by atoms with van der Waals surface area (Å²) in [5.74, 6) is -0.883. The summed E-state index contributed by atoms with van der Waals surface area (Å²) < 4.78 is 16.7. The van der Waals surface area contributed by atoms with Gasteiger partial charge in [0.15, 0.2) is 6.10 Å². The molecule has 0 fully saturated rings. The van der Waals surface area contributed by atoms with Gasteiger partial charge in [-0.2, -0.15) is 0 Å². The number of carbonyl (C=O) groups excluding carboxylic acids is 3. The maximum Gasteiger partial charge on any atom is 0.306 e. The summed E-state index contributed by atoms with van der Waals surface area (Å²) >= 11 is 0. The lowest BCUT2D eigenvalue weighted by atomic mass is 10.1.